The number of aliphatic hydroxyl groups is 1. The van der Waals surface area contributed by atoms with Gasteiger partial charge in [-0.15, -0.1) is 0 Å². The summed E-state index contributed by atoms with van der Waals surface area (Å²) < 4.78 is 0. The van der Waals surface area contributed by atoms with Crippen molar-refractivity contribution < 1.29 is 5.11 Å². The molecule has 0 radical (unpaired) electrons. The number of rotatable bonds is 2. The zero-order chi connectivity index (χ0) is 11.3. The van der Waals surface area contributed by atoms with E-state index in [0.29, 0.717) is 0 Å². The highest BCUT2D eigenvalue weighted by Crippen LogP contribution is 2.10. The van der Waals surface area contributed by atoms with E-state index >= 15 is 0 Å². The fourth-order valence-corrected chi connectivity index (χ4v) is 1.35. The first kappa shape index (κ1) is 11.8. The van der Waals surface area contributed by atoms with Crippen LogP contribution in [-0.2, 0) is 6.42 Å². The van der Waals surface area contributed by atoms with E-state index in [9.17, 15) is 5.11 Å². The normalized spacial score (nSPS) is 10.7. The second-order valence-electron chi connectivity index (χ2n) is 4.22. The van der Waals surface area contributed by atoms with Crippen molar-refractivity contribution in [2.45, 2.75) is 39.2 Å². The molecule has 0 bridgehead atoms. The van der Waals surface area contributed by atoms with Crippen molar-refractivity contribution in [1.29, 1.82) is 0 Å². The molecule has 0 amide bonds. The molecule has 1 aromatic carbocycles. The molecule has 0 saturated carbocycles. The molecule has 1 heteroatoms. The zero-order valence-corrected chi connectivity index (χ0v) is 9.67. The smallest absolute Gasteiger partial charge is 0.120 e. The Balaban J connectivity index is 2.97. The van der Waals surface area contributed by atoms with Gasteiger partial charge in [-0.25, -0.2) is 0 Å². The van der Waals surface area contributed by atoms with E-state index in [-0.39, 0.29) is 0 Å². The lowest BCUT2D eigenvalue weighted by molar-refractivity contribution is 0.143. The predicted octanol–water partition coefficient (Wildman–Crippen LogP) is 2.76. The number of hydrogen-bond donors (Lipinski definition) is 1. The van der Waals surface area contributed by atoms with Gasteiger partial charge in [0, 0.05) is 5.56 Å². The van der Waals surface area contributed by atoms with E-state index in [0.717, 1.165) is 18.4 Å². The summed E-state index contributed by atoms with van der Waals surface area (Å²) in [6, 6.07) is 8.11. The van der Waals surface area contributed by atoms with Crippen LogP contribution in [0.25, 0.3) is 0 Å². The molecule has 0 aliphatic rings. The maximum absolute atomic E-state index is 9.53. The summed E-state index contributed by atoms with van der Waals surface area (Å²) in [5.74, 6) is 5.88. The van der Waals surface area contributed by atoms with Crippen LogP contribution in [0.15, 0.2) is 24.3 Å². The summed E-state index contributed by atoms with van der Waals surface area (Å²) in [5.41, 5.74) is 1.37. The van der Waals surface area contributed by atoms with Gasteiger partial charge in [-0.3, -0.25) is 0 Å². The molecule has 0 spiro atoms. The van der Waals surface area contributed by atoms with Gasteiger partial charge in [0.2, 0.25) is 0 Å². The lowest BCUT2D eigenvalue weighted by atomic mass is 10.0. The first-order valence-electron chi connectivity index (χ1n) is 5.36. The Labute approximate surface area is 92.1 Å². The minimum atomic E-state index is -0.917. The molecular formula is C14H18O. The molecule has 0 saturated heterocycles. The van der Waals surface area contributed by atoms with Gasteiger partial charge in [0.25, 0.3) is 0 Å². The van der Waals surface area contributed by atoms with Crippen LogP contribution in [0.5, 0.6) is 0 Å². The van der Waals surface area contributed by atoms with Gasteiger partial charge < -0.3 is 5.11 Å². The van der Waals surface area contributed by atoms with Crippen LogP contribution in [0.2, 0.25) is 0 Å². The molecule has 1 nitrogen and oxygen atoms in total. The Kier molecular flexibility index (Phi) is 3.94. The van der Waals surface area contributed by atoms with E-state index in [1.165, 1.54) is 5.56 Å². The molecule has 1 rings (SSSR count). The molecular weight excluding hydrogens is 184 g/mol. The fraction of sp³-hybridized carbons (Fsp3) is 0.429. The van der Waals surface area contributed by atoms with Crippen molar-refractivity contribution in [2.75, 3.05) is 0 Å². The van der Waals surface area contributed by atoms with Gasteiger partial charge >= 0.3 is 0 Å². The second kappa shape index (κ2) is 5.00. The summed E-state index contributed by atoms with van der Waals surface area (Å²) >= 11 is 0. The number of benzene rings is 1. The predicted molar refractivity (Wildman–Crippen MR) is 63.6 cm³/mol. The first-order chi connectivity index (χ1) is 7.03. The lowest BCUT2D eigenvalue weighted by Gasteiger charge is -2.07. The Hall–Kier alpha value is -1.26. The standard InChI is InChI=1S/C14H18O/c1-4-7-12-8-5-6-9-13(12)10-11-14(2,3)15/h5-6,8-9,15H,4,7H2,1-3H3. The summed E-state index contributed by atoms with van der Waals surface area (Å²) in [7, 11) is 0. The SMILES string of the molecule is CCCc1ccccc1C#CC(C)(C)O. The number of aryl methyl sites for hydroxylation is 1. The highest BCUT2D eigenvalue weighted by Gasteiger charge is 2.06. The molecule has 0 atom stereocenters. The molecule has 1 N–H and O–H groups in total. The van der Waals surface area contributed by atoms with Crippen LogP contribution in [0.3, 0.4) is 0 Å². The van der Waals surface area contributed by atoms with Gasteiger partial charge in [-0.05, 0) is 31.9 Å². The van der Waals surface area contributed by atoms with Gasteiger partial charge in [-0.2, -0.15) is 0 Å². The third kappa shape index (κ3) is 4.18. The van der Waals surface area contributed by atoms with Crippen molar-refractivity contribution in [1.82, 2.24) is 0 Å². The van der Waals surface area contributed by atoms with Crippen LogP contribution >= 0.6 is 0 Å². The Bertz CT molecular complexity index is 374. The van der Waals surface area contributed by atoms with E-state index in [1.54, 1.807) is 13.8 Å². The minimum Gasteiger partial charge on any atom is -0.378 e. The third-order valence-electron chi connectivity index (χ3n) is 2.04. The van der Waals surface area contributed by atoms with Gasteiger partial charge in [0.15, 0.2) is 0 Å². The number of hydrogen-bond acceptors (Lipinski definition) is 1. The van der Waals surface area contributed by atoms with Gasteiger partial charge in [-0.1, -0.05) is 43.4 Å². The molecule has 15 heavy (non-hydrogen) atoms. The highest BCUT2D eigenvalue weighted by atomic mass is 16.3. The maximum Gasteiger partial charge on any atom is 0.120 e. The van der Waals surface area contributed by atoms with Crippen LogP contribution in [0.4, 0.5) is 0 Å². The van der Waals surface area contributed by atoms with E-state index in [1.807, 2.05) is 18.2 Å². The van der Waals surface area contributed by atoms with Crippen LogP contribution < -0.4 is 0 Å². The monoisotopic (exact) mass is 202 g/mol. The molecule has 0 aromatic heterocycles. The average molecular weight is 202 g/mol. The molecule has 0 aliphatic heterocycles. The van der Waals surface area contributed by atoms with Crippen LogP contribution in [0.1, 0.15) is 38.3 Å². The highest BCUT2D eigenvalue weighted by molar-refractivity contribution is 5.42. The van der Waals surface area contributed by atoms with Crippen LogP contribution in [0, 0.1) is 11.8 Å². The minimum absolute atomic E-state index is 0.917. The van der Waals surface area contributed by atoms with E-state index in [2.05, 4.69) is 24.8 Å². The zero-order valence-electron chi connectivity index (χ0n) is 9.67. The van der Waals surface area contributed by atoms with Crippen molar-refractivity contribution in [3.8, 4) is 11.8 Å². The van der Waals surface area contributed by atoms with Crippen molar-refractivity contribution >= 4 is 0 Å². The molecule has 0 fully saturated rings. The van der Waals surface area contributed by atoms with Crippen molar-refractivity contribution in [3.05, 3.63) is 35.4 Å². The summed E-state index contributed by atoms with van der Waals surface area (Å²) in [6.45, 7) is 5.55. The lowest BCUT2D eigenvalue weighted by Crippen LogP contribution is -2.14. The molecule has 0 unspecified atom stereocenters. The summed E-state index contributed by atoms with van der Waals surface area (Å²) in [4.78, 5) is 0. The maximum atomic E-state index is 9.53. The summed E-state index contributed by atoms with van der Waals surface area (Å²) in [6.07, 6.45) is 2.15. The molecule has 80 valence electrons. The quantitative estimate of drug-likeness (QED) is 0.731. The first-order valence-corrected chi connectivity index (χ1v) is 5.36. The third-order valence-corrected chi connectivity index (χ3v) is 2.04. The Morgan fingerprint density at radius 2 is 1.93 bits per heavy atom. The Morgan fingerprint density at radius 3 is 2.53 bits per heavy atom. The summed E-state index contributed by atoms with van der Waals surface area (Å²) in [5, 5.41) is 9.53. The van der Waals surface area contributed by atoms with E-state index < -0.39 is 5.60 Å². The average Bonchev–Trinajstić information content (AvgIpc) is 2.16. The van der Waals surface area contributed by atoms with Gasteiger partial charge in [0.05, 0.1) is 0 Å². The Morgan fingerprint density at radius 1 is 1.27 bits per heavy atom. The molecule has 1 aromatic rings. The topological polar surface area (TPSA) is 20.2 Å². The fourth-order valence-electron chi connectivity index (χ4n) is 1.35. The largest absolute Gasteiger partial charge is 0.378 e. The van der Waals surface area contributed by atoms with Gasteiger partial charge in [0.1, 0.15) is 5.60 Å². The van der Waals surface area contributed by atoms with Crippen molar-refractivity contribution in [3.63, 3.8) is 0 Å². The molecule has 0 aliphatic carbocycles. The van der Waals surface area contributed by atoms with Crippen LogP contribution in [-0.4, -0.2) is 10.7 Å². The van der Waals surface area contributed by atoms with Crippen molar-refractivity contribution in [2.24, 2.45) is 0 Å². The van der Waals surface area contributed by atoms with E-state index in [4.69, 9.17) is 0 Å². The second-order valence-corrected chi connectivity index (χ2v) is 4.22. The molecule has 0 heterocycles.